The van der Waals surface area contributed by atoms with Gasteiger partial charge in [0.15, 0.2) is 0 Å². The molecule has 0 unspecified atom stereocenters. The Labute approximate surface area is 210 Å². The van der Waals surface area contributed by atoms with Gasteiger partial charge in [-0.15, -0.1) is 0 Å². The number of carbonyl (C=O) groups excluding carboxylic acids is 1. The summed E-state index contributed by atoms with van der Waals surface area (Å²) in [6.45, 7) is 1.30. The van der Waals surface area contributed by atoms with Gasteiger partial charge in [-0.3, -0.25) is 9.78 Å². The van der Waals surface area contributed by atoms with Crippen LogP contribution in [0.4, 0.5) is 5.82 Å². The highest BCUT2D eigenvalue weighted by atomic mass is 16.5. The molecule has 2 aliphatic rings. The van der Waals surface area contributed by atoms with Crippen molar-refractivity contribution in [2.24, 2.45) is 5.92 Å². The molecule has 1 saturated carbocycles. The molecule has 0 bridgehead atoms. The van der Waals surface area contributed by atoms with Crippen LogP contribution in [0.15, 0.2) is 48.7 Å². The molecule has 188 valence electrons. The quantitative estimate of drug-likeness (QED) is 0.395. The van der Waals surface area contributed by atoms with Gasteiger partial charge in [0.1, 0.15) is 11.9 Å². The zero-order chi connectivity index (χ0) is 24.9. The van der Waals surface area contributed by atoms with Gasteiger partial charge in [-0.2, -0.15) is 0 Å². The van der Waals surface area contributed by atoms with Crippen molar-refractivity contribution >= 4 is 28.6 Å². The summed E-state index contributed by atoms with van der Waals surface area (Å²) >= 11 is 0. The molecule has 3 N–H and O–H groups in total. The average molecular weight is 489 g/mol. The van der Waals surface area contributed by atoms with Gasteiger partial charge in [-0.05, 0) is 74.3 Å². The number of rotatable bonds is 10. The number of benzene rings is 1. The number of aryl methyl sites for hydroxylation is 2. The Kier molecular flexibility index (Phi) is 7.41. The van der Waals surface area contributed by atoms with Crippen LogP contribution in [-0.4, -0.2) is 52.2 Å². The molecule has 8 nitrogen and oxygen atoms in total. The minimum Gasteiger partial charge on any atom is -0.480 e. The third-order valence-corrected chi connectivity index (χ3v) is 7.18. The maximum atomic E-state index is 12.6. The second kappa shape index (κ2) is 11.0. The Balaban J connectivity index is 1.03. The molecule has 2 aromatic heterocycles. The summed E-state index contributed by atoms with van der Waals surface area (Å²) < 4.78 is 5.91. The molecule has 8 heteroatoms. The van der Waals surface area contributed by atoms with Crippen molar-refractivity contribution in [3.05, 3.63) is 65.5 Å². The molecular weight excluding hydrogens is 456 g/mol. The monoisotopic (exact) mass is 488 g/mol. The number of aromatic nitrogens is 2. The number of carboxylic acid groups (broad SMARTS) is 1. The van der Waals surface area contributed by atoms with Gasteiger partial charge in [-0.25, -0.2) is 9.78 Å². The fourth-order valence-corrected chi connectivity index (χ4v) is 4.97. The number of hydrogen-bond donors (Lipinski definition) is 3. The third-order valence-electron chi connectivity index (χ3n) is 7.18. The fraction of sp³-hybridized carbons (Fsp3) is 0.429. The number of ether oxygens (including phenoxy) is 1. The number of hydrogen-bond acceptors (Lipinski definition) is 6. The third kappa shape index (κ3) is 5.82. The van der Waals surface area contributed by atoms with Gasteiger partial charge in [0.05, 0.1) is 11.6 Å². The summed E-state index contributed by atoms with van der Waals surface area (Å²) in [6, 6.07) is 12.2. The summed E-state index contributed by atoms with van der Waals surface area (Å²) in [6.07, 6.45) is 8.32. The zero-order valence-electron chi connectivity index (χ0n) is 20.3. The molecule has 1 amide bonds. The number of pyridine rings is 2. The normalized spacial score (nSPS) is 19.6. The minimum absolute atomic E-state index is 0.157. The first kappa shape index (κ1) is 24.2. The lowest BCUT2D eigenvalue weighted by Crippen LogP contribution is -2.42. The first-order valence-corrected chi connectivity index (χ1v) is 12.8. The standard InChI is InChI=1S/C28H32N4O4/c33-27(21-7-6-19-3-1-12-29-25(19)17-21)32-24(28(34)35)11-14-36-23-15-18(16-23)5-9-22-10-8-20-4-2-13-30-26(20)31-22/h1,3,6-8,10,12,17-18,23-24H,2,4-5,9,11,13-16H2,(H,30,31)(H,32,33)(H,34,35)/t18?,23?,24-/m0/s1. The molecule has 0 spiro atoms. The Morgan fingerprint density at radius 1 is 1.19 bits per heavy atom. The van der Waals surface area contributed by atoms with E-state index in [1.54, 1.807) is 18.3 Å². The van der Waals surface area contributed by atoms with Gasteiger partial charge < -0.3 is 20.5 Å². The predicted molar refractivity (Wildman–Crippen MR) is 137 cm³/mol. The molecule has 5 rings (SSSR count). The largest absolute Gasteiger partial charge is 0.480 e. The van der Waals surface area contributed by atoms with E-state index in [9.17, 15) is 14.7 Å². The summed E-state index contributed by atoms with van der Waals surface area (Å²) in [5, 5.41) is 16.5. The lowest BCUT2D eigenvalue weighted by molar-refractivity contribution is -0.140. The van der Waals surface area contributed by atoms with Crippen molar-refractivity contribution < 1.29 is 19.4 Å². The van der Waals surface area contributed by atoms with Crippen molar-refractivity contribution in [1.29, 1.82) is 0 Å². The van der Waals surface area contributed by atoms with E-state index in [1.807, 2.05) is 18.2 Å². The van der Waals surface area contributed by atoms with Crippen molar-refractivity contribution in [1.82, 2.24) is 15.3 Å². The molecule has 1 aromatic carbocycles. The van der Waals surface area contributed by atoms with Crippen molar-refractivity contribution in [3.63, 3.8) is 0 Å². The zero-order valence-corrected chi connectivity index (χ0v) is 20.3. The van der Waals surface area contributed by atoms with Gasteiger partial charge in [0.2, 0.25) is 0 Å². The molecule has 1 fully saturated rings. The van der Waals surface area contributed by atoms with E-state index < -0.39 is 17.9 Å². The number of amides is 1. The molecule has 1 aliphatic heterocycles. The molecule has 1 atom stereocenters. The number of aliphatic carboxylic acids is 1. The summed E-state index contributed by atoms with van der Waals surface area (Å²) in [4.78, 5) is 33.4. The topological polar surface area (TPSA) is 113 Å². The highest BCUT2D eigenvalue weighted by molar-refractivity contribution is 5.99. The van der Waals surface area contributed by atoms with E-state index in [0.29, 0.717) is 23.6 Å². The summed E-state index contributed by atoms with van der Waals surface area (Å²) in [5.74, 6) is 0.164. The van der Waals surface area contributed by atoms with E-state index in [1.165, 1.54) is 12.0 Å². The Hall–Kier alpha value is -3.52. The maximum Gasteiger partial charge on any atom is 0.326 e. The SMILES string of the molecule is O=C(N[C@@H](CCOC1CC(CCc2ccc3c(n2)NCCC3)C1)C(=O)O)c1ccc2cccnc2c1. The van der Waals surface area contributed by atoms with Crippen molar-refractivity contribution in [2.45, 2.75) is 57.1 Å². The van der Waals surface area contributed by atoms with Crippen LogP contribution in [0.3, 0.4) is 0 Å². The molecule has 0 saturated heterocycles. The van der Waals surface area contributed by atoms with Gasteiger partial charge in [0, 0.05) is 42.4 Å². The molecule has 3 heterocycles. The number of fused-ring (bicyclic) bond motifs is 2. The van der Waals surface area contributed by atoms with Crippen molar-refractivity contribution in [2.75, 3.05) is 18.5 Å². The summed E-state index contributed by atoms with van der Waals surface area (Å²) in [7, 11) is 0. The van der Waals surface area contributed by atoms with Gasteiger partial charge >= 0.3 is 5.97 Å². The Morgan fingerprint density at radius 2 is 2.08 bits per heavy atom. The van der Waals surface area contributed by atoms with Crippen LogP contribution >= 0.6 is 0 Å². The van der Waals surface area contributed by atoms with E-state index in [2.05, 4.69) is 27.8 Å². The van der Waals surface area contributed by atoms with E-state index in [4.69, 9.17) is 9.72 Å². The fourth-order valence-electron chi connectivity index (χ4n) is 4.97. The average Bonchev–Trinajstić information content (AvgIpc) is 2.88. The first-order chi connectivity index (χ1) is 17.5. The Morgan fingerprint density at radius 3 is 2.94 bits per heavy atom. The number of anilines is 1. The first-order valence-electron chi connectivity index (χ1n) is 12.8. The van der Waals surface area contributed by atoms with Crippen LogP contribution < -0.4 is 10.6 Å². The lowest BCUT2D eigenvalue weighted by atomic mass is 9.79. The number of nitrogens with one attached hydrogen (secondary N) is 2. The van der Waals surface area contributed by atoms with Gasteiger partial charge in [-0.1, -0.05) is 18.2 Å². The molecular formula is C28H32N4O4. The number of carboxylic acids is 1. The van der Waals surface area contributed by atoms with Crippen LogP contribution in [0.2, 0.25) is 0 Å². The summed E-state index contributed by atoms with van der Waals surface area (Å²) in [5.41, 5.74) is 3.53. The number of carbonyl (C=O) groups is 2. The smallest absolute Gasteiger partial charge is 0.326 e. The van der Waals surface area contributed by atoms with Crippen LogP contribution in [0.5, 0.6) is 0 Å². The number of nitrogens with zero attached hydrogens (tertiary/aromatic N) is 2. The predicted octanol–water partition coefficient (Wildman–Crippen LogP) is 3.99. The van der Waals surface area contributed by atoms with E-state index in [-0.39, 0.29) is 12.5 Å². The molecule has 1 aliphatic carbocycles. The highest BCUT2D eigenvalue weighted by Crippen LogP contribution is 2.34. The van der Waals surface area contributed by atoms with E-state index in [0.717, 1.165) is 55.5 Å². The van der Waals surface area contributed by atoms with E-state index >= 15 is 0 Å². The molecule has 36 heavy (non-hydrogen) atoms. The van der Waals surface area contributed by atoms with Crippen molar-refractivity contribution in [3.8, 4) is 0 Å². The second-order valence-corrected chi connectivity index (χ2v) is 9.77. The molecule has 0 radical (unpaired) electrons. The van der Waals surface area contributed by atoms with Crippen LogP contribution in [0, 0.1) is 5.92 Å². The maximum absolute atomic E-state index is 12.6. The Bertz CT molecular complexity index is 1240. The highest BCUT2D eigenvalue weighted by Gasteiger charge is 2.30. The van der Waals surface area contributed by atoms with Crippen LogP contribution in [0.25, 0.3) is 10.9 Å². The second-order valence-electron chi connectivity index (χ2n) is 9.77. The van der Waals surface area contributed by atoms with Crippen LogP contribution in [-0.2, 0) is 22.4 Å². The lowest BCUT2D eigenvalue weighted by Gasteiger charge is -2.35. The molecule has 3 aromatic rings. The van der Waals surface area contributed by atoms with Gasteiger partial charge in [0.25, 0.3) is 5.91 Å². The van der Waals surface area contributed by atoms with Crippen LogP contribution in [0.1, 0.15) is 53.7 Å². The minimum atomic E-state index is -1.07.